The maximum absolute atomic E-state index is 12.0. The number of nitrogens with one attached hydrogen (secondary N) is 2. The molecule has 0 spiro atoms. The first-order valence-corrected chi connectivity index (χ1v) is 7.87. The number of hydrogen-bond donors (Lipinski definition) is 2. The van der Waals surface area contributed by atoms with Gasteiger partial charge >= 0.3 is 0 Å². The van der Waals surface area contributed by atoms with E-state index in [4.69, 9.17) is 23.8 Å². The maximum atomic E-state index is 12.0. The largest absolute Gasteiger partial charge is 0.332 e. The third-order valence-electron chi connectivity index (χ3n) is 3.32. The van der Waals surface area contributed by atoms with Crippen molar-refractivity contribution in [2.45, 2.75) is 6.92 Å². The molecule has 0 heterocycles. The molecule has 0 saturated carbocycles. The molecular weight excluding hydrogens is 346 g/mol. The Bertz CT molecular complexity index is 760. The van der Waals surface area contributed by atoms with E-state index in [9.17, 15) is 9.59 Å². The Morgan fingerprint density at radius 2 is 1.62 bits per heavy atom. The molecule has 2 amide bonds. The van der Waals surface area contributed by atoms with Gasteiger partial charge in [0.15, 0.2) is 5.11 Å². The van der Waals surface area contributed by atoms with Crippen molar-refractivity contribution in [1.82, 2.24) is 5.32 Å². The molecule has 0 aliphatic rings. The molecule has 0 fully saturated rings. The standard InChI is InChI=1S/C17H16ClN3O2S/c1-11(22)21(2)15-9-7-14(8-10-15)19-17(24)20-16(23)12-3-5-13(18)6-4-12/h3-10H,1-2H3,(H2,19,20,23,24). The predicted octanol–water partition coefficient (Wildman–Crippen LogP) is 3.45. The van der Waals surface area contributed by atoms with Crippen LogP contribution in [0.1, 0.15) is 17.3 Å². The molecule has 5 nitrogen and oxygen atoms in total. The summed E-state index contributed by atoms with van der Waals surface area (Å²) in [6.07, 6.45) is 0. The Labute approximate surface area is 150 Å². The lowest BCUT2D eigenvalue weighted by Crippen LogP contribution is -2.34. The van der Waals surface area contributed by atoms with Crippen LogP contribution in [0, 0.1) is 0 Å². The van der Waals surface area contributed by atoms with Crippen LogP contribution < -0.4 is 15.5 Å². The highest BCUT2D eigenvalue weighted by Gasteiger charge is 2.09. The Morgan fingerprint density at radius 1 is 1.04 bits per heavy atom. The number of carbonyl (C=O) groups excluding carboxylic acids is 2. The number of nitrogens with zero attached hydrogens (tertiary/aromatic N) is 1. The topological polar surface area (TPSA) is 61.4 Å². The molecule has 2 rings (SSSR count). The van der Waals surface area contributed by atoms with Gasteiger partial charge in [-0.3, -0.25) is 14.9 Å². The lowest BCUT2D eigenvalue weighted by Gasteiger charge is -2.16. The molecule has 0 bridgehead atoms. The second-order valence-electron chi connectivity index (χ2n) is 5.04. The molecule has 7 heteroatoms. The molecule has 2 aromatic carbocycles. The minimum absolute atomic E-state index is 0.0542. The third kappa shape index (κ3) is 4.78. The van der Waals surface area contributed by atoms with Crippen LogP contribution in [0.3, 0.4) is 0 Å². The van der Waals surface area contributed by atoms with Crippen LogP contribution >= 0.6 is 23.8 Å². The summed E-state index contributed by atoms with van der Waals surface area (Å²) < 4.78 is 0. The monoisotopic (exact) mass is 361 g/mol. The number of carbonyl (C=O) groups is 2. The molecule has 0 aromatic heterocycles. The Kier molecular flexibility index (Phi) is 5.89. The maximum Gasteiger partial charge on any atom is 0.257 e. The summed E-state index contributed by atoms with van der Waals surface area (Å²) in [7, 11) is 1.70. The van der Waals surface area contributed by atoms with Gasteiger partial charge in [0.2, 0.25) is 5.91 Å². The molecule has 0 aliphatic carbocycles. The summed E-state index contributed by atoms with van der Waals surface area (Å²) in [6.45, 7) is 1.49. The van der Waals surface area contributed by atoms with Gasteiger partial charge in [0.1, 0.15) is 0 Å². The van der Waals surface area contributed by atoms with Crippen molar-refractivity contribution in [2.75, 3.05) is 17.3 Å². The number of halogens is 1. The first kappa shape index (κ1) is 17.9. The van der Waals surface area contributed by atoms with Crippen molar-refractivity contribution in [1.29, 1.82) is 0 Å². The average Bonchev–Trinajstić information content (AvgIpc) is 2.55. The summed E-state index contributed by atoms with van der Waals surface area (Å²) in [5.41, 5.74) is 1.93. The van der Waals surface area contributed by atoms with E-state index >= 15 is 0 Å². The summed E-state index contributed by atoms with van der Waals surface area (Å²) in [5, 5.41) is 6.25. The Hall–Kier alpha value is -2.44. The van der Waals surface area contributed by atoms with Crippen molar-refractivity contribution in [3.63, 3.8) is 0 Å². The fourth-order valence-corrected chi connectivity index (χ4v) is 2.23. The van der Waals surface area contributed by atoms with Crippen molar-refractivity contribution in [3.05, 3.63) is 59.1 Å². The molecule has 24 heavy (non-hydrogen) atoms. The summed E-state index contributed by atoms with van der Waals surface area (Å²) in [4.78, 5) is 24.9. The van der Waals surface area contributed by atoms with Crippen LogP contribution in [-0.4, -0.2) is 24.0 Å². The van der Waals surface area contributed by atoms with E-state index in [1.165, 1.54) is 11.8 Å². The number of hydrogen-bond acceptors (Lipinski definition) is 3. The van der Waals surface area contributed by atoms with Gasteiger partial charge in [0.25, 0.3) is 5.91 Å². The van der Waals surface area contributed by atoms with Crippen molar-refractivity contribution in [3.8, 4) is 0 Å². The van der Waals surface area contributed by atoms with Crippen LogP contribution in [0.2, 0.25) is 5.02 Å². The lowest BCUT2D eigenvalue weighted by molar-refractivity contribution is -0.116. The van der Waals surface area contributed by atoms with E-state index in [2.05, 4.69) is 10.6 Å². The lowest BCUT2D eigenvalue weighted by atomic mass is 10.2. The van der Waals surface area contributed by atoms with Gasteiger partial charge in [-0.2, -0.15) is 0 Å². The molecule has 2 aromatic rings. The van der Waals surface area contributed by atoms with Gasteiger partial charge in [0.05, 0.1) is 0 Å². The second-order valence-corrected chi connectivity index (χ2v) is 5.88. The number of amides is 2. The fraction of sp³-hybridized carbons (Fsp3) is 0.118. The molecule has 2 N–H and O–H groups in total. The first-order valence-electron chi connectivity index (χ1n) is 7.09. The van der Waals surface area contributed by atoms with E-state index < -0.39 is 0 Å². The zero-order valence-electron chi connectivity index (χ0n) is 13.2. The Morgan fingerprint density at radius 3 is 2.17 bits per heavy atom. The van der Waals surface area contributed by atoms with Crippen molar-refractivity contribution in [2.24, 2.45) is 0 Å². The molecule has 0 atom stereocenters. The number of benzene rings is 2. The zero-order valence-corrected chi connectivity index (χ0v) is 14.7. The van der Waals surface area contributed by atoms with Gasteiger partial charge in [-0.25, -0.2) is 0 Å². The normalized spacial score (nSPS) is 9.96. The van der Waals surface area contributed by atoms with Crippen LogP contribution in [0.4, 0.5) is 11.4 Å². The first-order chi connectivity index (χ1) is 11.4. The van der Waals surface area contributed by atoms with Crippen LogP contribution in [0.15, 0.2) is 48.5 Å². The average molecular weight is 362 g/mol. The highest BCUT2D eigenvalue weighted by atomic mass is 35.5. The van der Waals surface area contributed by atoms with Crippen LogP contribution in [0.25, 0.3) is 0 Å². The van der Waals surface area contributed by atoms with E-state index in [0.717, 1.165) is 5.69 Å². The van der Waals surface area contributed by atoms with E-state index in [-0.39, 0.29) is 16.9 Å². The van der Waals surface area contributed by atoms with Crippen LogP contribution in [-0.2, 0) is 4.79 Å². The number of anilines is 2. The molecule has 0 aliphatic heterocycles. The second kappa shape index (κ2) is 7.90. The SMILES string of the molecule is CC(=O)N(C)c1ccc(NC(=S)NC(=O)c2ccc(Cl)cc2)cc1. The third-order valence-corrected chi connectivity index (χ3v) is 3.77. The van der Waals surface area contributed by atoms with Gasteiger partial charge in [-0.1, -0.05) is 11.6 Å². The molecule has 124 valence electrons. The van der Waals surface area contributed by atoms with Crippen molar-refractivity contribution >= 4 is 52.1 Å². The molecule has 0 saturated heterocycles. The molecule has 0 radical (unpaired) electrons. The zero-order chi connectivity index (χ0) is 17.7. The minimum atomic E-state index is -0.322. The minimum Gasteiger partial charge on any atom is -0.332 e. The number of thiocarbonyl (C=S) groups is 1. The van der Waals surface area contributed by atoms with E-state index in [1.807, 2.05) is 0 Å². The number of rotatable bonds is 3. The highest BCUT2D eigenvalue weighted by molar-refractivity contribution is 7.80. The summed E-state index contributed by atoms with van der Waals surface area (Å²) >= 11 is 10.9. The smallest absolute Gasteiger partial charge is 0.257 e. The Balaban J connectivity index is 1.95. The molecule has 0 unspecified atom stereocenters. The highest BCUT2D eigenvalue weighted by Crippen LogP contribution is 2.17. The van der Waals surface area contributed by atoms with E-state index in [0.29, 0.717) is 16.3 Å². The van der Waals surface area contributed by atoms with Gasteiger partial charge in [-0.05, 0) is 60.7 Å². The quantitative estimate of drug-likeness (QED) is 0.822. The van der Waals surface area contributed by atoms with Crippen LogP contribution in [0.5, 0.6) is 0 Å². The van der Waals surface area contributed by atoms with Crippen molar-refractivity contribution < 1.29 is 9.59 Å². The van der Waals surface area contributed by atoms with Gasteiger partial charge < -0.3 is 10.2 Å². The summed E-state index contributed by atoms with van der Waals surface area (Å²) in [5.74, 6) is -0.376. The fourth-order valence-electron chi connectivity index (χ4n) is 1.89. The van der Waals surface area contributed by atoms with E-state index in [1.54, 1.807) is 55.6 Å². The predicted molar refractivity (Wildman–Crippen MR) is 101 cm³/mol. The van der Waals surface area contributed by atoms with Gasteiger partial charge in [0, 0.05) is 35.9 Å². The summed E-state index contributed by atoms with van der Waals surface area (Å²) in [6, 6.07) is 13.6. The molecular formula is C17H16ClN3O2S. The van der Waals surface area contributed by atoms with Gasteiger partial charge in [-0.15, -0.1) is 0 Å².